The standard InChI is InChI=1S/C13H17F2N/c1-9-8-16-6-5-10(9)7-11-3-2-4-12(14)13(11)15/h2-4,9-10,16H,5-8H2,1H3. The van der Waals surface area contributed by atoms with Crippen molar-refractivity contribution in [3.63, 3.8) is 0 Å². The fourth-order valence-corrected chi connectivity index (χ4v) is 2.36. The van der Waals surface area contributed by atoms with Gasteiger partial charge < -0.3 is 5.32 Å². The fraction of sp³-hybridized carbons (Fsp3) is 0.538. The van der Waals surface area contributed by atoms with Crippen molar-refractivity contribution in [2.45, 2.75) is 19.8 Å². The molecule has 0 bridgehead atoms. The second-order valence-corrected chi connectivity index (χ2v) is 4.65. The van der Waals surface area contributed by atoms with Crippen molar-refractivity contribution in [3.05, 3.63) is 35.4 Å². The third-order valence-corrected chi connectivity index (χ3v) is 3.48. The number of halogens is 2. The lowest BCUT2D eigenvalue weighted by Gasteiger charge is -2.29. The molecule has 88 valence electrons. The van der Waals surface area contributed by atoms with Crippen LogP contribution in [0.1, 0.15) is 18.9 Å². The van der Waals surface area contributed by atoms with E-state index in [0.717, 1.165) is 19.5 Å². The van der Waals surface area contributed by atoms with E-state index < -0.39 is 11.6 Å². The Balaban J connectivity index is 2.10. The number of hydrogen-bond donors (Lipinski definition) is 1. The summed E-state index contributed by atoms with van der Waals surface area (Å²) < 4.78 is 26.5. The van der Waals surface area contributed by atoms with Gasteiger partial charge in [0.1, 0.15) is 0 Å². The summed E-state index contributed by atoms with van der Waals surface area (Å²) >= 11 is 0. The molecule has 0 aliphatic carbocycles. The van der Waals surface area contributed by atoms with E-state index in [-0.39, 0.29) is 0 Å². The summed E-state index contributed by atoms with van der Waals surface area (Å²) in [4.78, 5) is 0. The molecule has 1 fully saturated rings. The lowest BCUT2D eigenvalue weighted by Crippen LogP contribution is -2.36. The molecule has 0 aromatic heterocycles. The Morgan fingerprint density at radius 2 is 2.19 bits per heavy atom. The Bertz CT molecular complexity index is 365. The van der Waals surface area contributed by atoms with Crippen molar-refractivity contribution in [1.29, 1.82) is 0 Å². The molecule has 1 nitrogen and oxygen atoms in total. The largest absolute Gasteiger partial charge is 0.316 e. The SMILES string of the molecule is CC1CNCCC1Cc1cccc(F)c1F. The first kappa shape index (κ1) is 11.5. The van der Waals surface area contributed by atoms with E-state index in [1.54, 1.807) is 12.1 Å². The molecule has 1 aromatic rings. The summed E-state index contributed by atoms with van der Waals surface area (Å²) in [6, 6.07) is 4.44. The van der Waals surface area contributed by atoms with Crippen LogP contribution in [0.4, 0.5) is 8.78 Å². The Kier molecular flexibility index (Phi) is 3.54. The molecular formula is C13H17F2N. The van der Waals surface area contributed by atoms with Gasteiger partial charge in [0.25, 0.3) is 0 Å². The molecule has 0 spiro atoms. The molecule has 3 heteroatoms. The van der Waals surface area contributed by atoms with Crippen LogP contribution in [0.15, 0.2) is 18.2 Å². The highest BCUT2D eigenvalue weighted by molar-refractivity contribution is 5.19. The molecule has 0 saturated carbocycles. The van der Waals surface area contributed by atoms with Crippen LogP contribution in [-0.2, 0) is 6.42 Å². The smallest absolute Gasteiger partial charge is 0.162 e. The Hall–Kier alpha value is -0.960. The summed E-state index contributed by atoms with van der Waals surface area (Å²) in [5, 5.41) is 3.31. The van der Waals surface area contributed by atoms with Crippen LogP contribution in [0, 0.1) is 23.5 Å². The van der Waals surface area contributed by atoms with Gasteiger partial charge in [-0.3, -0.25) is 0 Å². The van der Waals surface area contributed by atoms with Crippen molar-refractivity contribution in [2.24, 2.45) is 11.8 Å². The van der Waals surface area contributed by atoms with E-state index in [1.807, 2.05) is 0 Å². The maximum absolute atomic E-state index is 13.5. The topological polar surface area (TPSA) is 12.0 Å². The third kappa shape index (κ3) is 2.40. The summed E-state index contributed by atoms with van der Waals surface area (Å²) in [7, 11) is 0. The van der Waals surface area contributed by atoms with Crippen LogP contribution in [0.25, 0.3) is 0 Å². The molecule has 1 aliphatic heterocycles. The van der Waals surface area contributed by atoms with Gasteiger partial charge in [-0.15, -0.1) is 0 Å². The van der Waals surface area contributed by atoms with Crippen LogP contribution in [0.3, 0.4) is 0 Å². The fourth-order valence-electron chi connectivity index (χ4n) is 2.36. The van der Waals surface area contributed by atoms with E-state index in [2.05, 4.69) is 12.2 Å². The molecule has 2 unspecified atom stereocenters. The Labute approximate surface area is 94.9 Å². The van der Waals surface area contributed by atoms with Gasteiger partial charge in [0.2, 0.25) is 0 Å². The highest BCUT2D eigenvalue weighted by Gasteiger charge is 2.22. The molecular weight excluding hydrogens is 208 g/mol. The van der Waals surface area contributed by atoms with Gasteiger partial charge in [0.15, 0.2) is 11.6 Å². The van der Waals surface area contributed by atoms with Gasteiger partial charge in [0, 0.05) is 0 Å². The molecule has 16 heavy (non-hydrogen) atoms. The van der Waals surface area contributed by atoms with Crippen LogP contribution in [0.5, 0.6) is 0 Å². The van der Waals surface area contributed by atoms with Crippen molar-refractivity contribution >= 4 is 0 Å². The molecule has 2 rings (SSSR count). The second-order valence-electron chi connectivity index (χ2n) is 4.65. The van der Waals surface area contributed by atoms with Crippen LogP contribution in [0.2, 0.25) is 0 Å². The minimum Gasteiger partial charge on any atom is -0.316 e. The first-order valence-corrected chi connectivity index (χ1v) is 5.82. The van der Waals surface area contributed by atoms with Gasteiger partial charge >= 0.3 is 0 Å². The lowest BCUT2D eigenvalue weighted by molar-refractivity contribution is 0.269. The van der Waals surface area contributed by atoms with Gasteiger partial charge in [-0.1, -0.05) is 19.1 Å². The molecule has 1 N–H and O–H groups in total. The normalized spacial score (nSPS) is 25.7. The molecule has 1 aromatic carbocycles. The van der Waals surface area contributed by atoms with Gasteiger partial charge in [-0.05, 0) is 49.4 Å². The molecule has 1 saturated heterocycles. The average Bonchev–Trinajstić information content (AvgIpc) is 2.28. The first-order valence-electron chi connectivity index (χ1n) is 5.82. The summed E-state index contributed by atoms with van der Waals surface area (Å²) in [5.74, 6) is -0.429. The van der Waals surface area contributed by atoms with Gasteiger partial charge in [-0.25, -0.2) is 8.78 Å². The van der Waals surface area contributed by atoms with Crippen molar-refractivity contribution < 1.29 is 8.78 Å². The van der Waals surface area contributed by atoms with E-state index in [4.69, 9.17) is 0 Å². The quantitative estimate of drug-likeness (QED) is 0.816. The lowest BCUT2D eigenvalue weighted by atomic mass is 9.83. The van der Waals surface area contributed by atoms with Crippen molar-refractivity contribution in [3.8, 4) is 0 Å². The molecule has 0 amide bonds. The molecule has 1 heterocycles. The van der Waals surface area contributed by atoms with Gasteiger partial charge in [-0.2, -0.15) is 0 Å². The first-order chi connectivity index (χ1) is 7.68. The summed E-state index contributed by atoms with van der Waals surface area (Å²) in [6.07, 6.45) is 1.68. The highest BCUT2D eigenvalue weighted by Crippen LogP contribution is 2.25. The van der Waals surface area contributed by atoms with E-state index in [9.17, 15) is 8.78 Å². The number of hydrogen-bond acceptors (Lipinski definition) is 1. The molecule has 0 radical (unpaired) electrons. The number of benzene rings is 1. The predicted molar refractivity (Wildman–Crippen MR) is 60.2 cm³/mol. The number of rotatable bonds is 2. The number of nitrogens with one attached hydrogen (secondary N) is 1. The van der Waals surface area contributed by atoms with Crippen LogP contribution >= 0.6 is 0 Å². The van der Waals surface area contributed by atoms with Crippen LogP contribution in [-0.4, -0.2) is 13.1 Å². The van der Waals surface area contributed by atoms with Crippen molar-refractivity contribution in [1.82, 2.24) is 5.32 Å². The monoisotopic (exact) mass is 225 g/mol. The third-order valence-electron chi connectivity index (χ3n) is 3.48. The van der Waals surface area contributed by atoms with Gasteiger partial charge in [0.05, 0.1) is 0 Å². The Morgan fingerprint density at radius 1 is 1.38 bits per heavy atom. The van der Waals surface area contributed by atoms with E-state index >= 15 is 0 Å². The molecule has 1 aliphatic rings. The zero-order valence-corrected chi connectivity index (χ0v) is 9.47. The highest BCUT2D eigenvalue weighted by atomic mass is 19.2. The summed E-state index contributed by atoms with van der Waals surface area (Å²) in [6.45, 7) is 4.11. The Morgan fingerprint density at radius 3 is 2.94 bits per heavy atom. The minimum absolute atomic E-state index is 0.456. The van der Waals surface area contributed by atoms with E-state index in [1.165, 1.54) is 6.07 Å². The number of piperidine rings is 1. The zero-order valence-electron chi connectivity index (χ0n) is 9.47. The maximum atomic E-state index is 13.5. The van der Waals surface area contributed by atoms with Crippen LogP contribution < -0.4 is 5.32 Å². The average molecular weight is 225 g/mol. The summed E-state index contributed by atoms with van der Waals surface area (Å²) in [5.41, 5.74) is 0.513. The van der Waals surface area contributed by atoms with Crippen molar-refractivity contribution in [2.75, 3.05) is 13.1 Å². The van der Waals surface area contributed by atoms with E-state index in [0.29, 0.717) is 23.8 Å². The second kappa shape index (κ2) is 4.91. The minimum atomic E-state index is -0.737. The predicted octanol–water partition coefficient (Wildman–Crippen LogP) is 2.75. The zero-order chi connectivity index (χ0) is 11.5. The maximum Gasteiger partial charge on any atom is 0.162 e. The molecule has 2 atom stereocenters.